The fourth-order valence-corrected chi connectivity index (χ4v) is 3.61. The summed E-state index contributed by atoms with van der Waals surface area (Å²) in [7, 11) is 0. The van der Waals surface area contributed by atoms with Crippen LogP contribution in [0, 0.1) is 13.8 Å². The van der Waals surface area contributed by atoms with Crippen LogP contribution >= 0.6 is 23.4 Å². The van der Waals surface area contributed by atoms with Gasteiger partial charge in [-0.1, -0.05) is 17.7 Å². The number of nitrogens with one attached hydrogen (secondary N) is 1. The van der Waals surface area contributed by atoms with Crippen molar-refractivity contribution in [3.8, 4) is 11.5 Å². The highest BCUT2D eigenvalue weighted by atomic mass is 35.5. The summed E-state index contributed by atoms with van der Waals surface area (Å²) >= 11 is 7.43. The molecule has 2 aliphatic heterocycles. The highest BCUT2D eigenvalue weighted by Crippen LogP contribution is 2.37. The predicted molar refractivity (Wildman–Crippen MR) is 104 cm³/mol. The Hall–Kier alpha value is -2.44. The summed E-state index contributed by atoms with van der Waals surface area (Å²) in [6.45, 7) is 4.12. The quantitative estimate of drug-likeness (QED) is 0.767. The fourth-order valence-electron chi connectivity index (χ4n) is 2.61. The summed E-state index contributed by atoms with van der Waals surface area (Å²) in [5.74, 6) is 1.24. The molecule has 2 aromatic rings. The molecular formula is C19H15ClN2O3S. The monoisotopic (exact) mass is 386 g/mol. The zero-order valence-electron chi connectivity index (χ0n) is 14.1. The number of halogens is 1. The van der Waals surface area contributed by atoms with Gasteiger partial charge >= 0.3 is 0 Å². The molecular weight excluding hydrogens is 372 g/mol. The third-order valence-corrected chi connectivity index (χ3v) is 5.40. The first-order valence-electron chi connectivity index (χ1n) is 7.95. The molecule has 0 spiro atoms. The SMILES string of the molecule is Cc1ccc(N=C2NC(=O)C(=Cc3cc4c(cc3C)OCO4)S2)cc1Cl. The van der Waals surface area contributed by atoms with Gasteiger partial charge in [0.15, 0.2) is 16.7 Å². The topological polar surface area (TPSA) is 59.9 Å². The Bertz CT molecular complexity index is 985. The zero-order chi connectivity index (χ0) is 18.3. The molecule has 0 unspecified atom stereocenters. The lowest BCUT2D eigenvalue weighted by Gasteiger charge is -2.03. The Morgan fingerprint density at radius 3 is 2.69 bits per heavy atom. The molecule has 1 N–H and O–H groups in total. The van der Waals surface area contributed by atoms with E-state index in [1.807, 2.05) is 44.2 Å². The standard InChI is InChI=1S/C19H15ClN2O3S/c1-10-3-4-13(8-14(10)20)21-19-22-18(23)17(26-19)7-12-6-16-15(5-11(12)2)24-9-25-16/h3-8H,9H2,1-2H3,(H,21,22,23). The van der Waals surface area contributed by atoms with Crippen LogP contribution < -0.4 is 14.8 Å². The van der Waals surface area contributed by atoms with Crippen molar-refractivity contribution in [1.82, 2.24) is 5.32 Å². The second-order valence-electron chi connectivity index (χ2n) is 5.98. The van der Waals surface area contributed by atoms with Crippen LogP contribution in [-0.2, 0) is 4.79 Å². The number of hydrogen-bond donors (Lipinski definition) is 1. The van der Waals surface area contributed by atoms with Crippen molar-refractivity contribution in [1.29, 1.82) is 0 Å². The van der Waals surface area contributed by atoms with Crippen molar-refractivity contribution < 1.29 is 14.3 Å². The molecule has 0 saturated carbocycles. The number of fused-ring (bicyclic) bond motifs is 1. The second kappa shape index (κ2) is 6.70. The molecule has 0 atom stereocenters. The molecule has 1 fully saturated rings. The largest absolute Gasteiger partial charge is 0.454 e. The van der Waals surface area contributed by atoms with E-state index in [0.717, 1.165) is 22.4 Å². The Kier molecular flexibility index (Phi) is 4.38. The molecule has 4 rings (SSSR count). The maximum Gasteiger partial charge on any atom is 0.264 e. The number of amides is 1. The number of thioether (sulfide) groups is 1. The fraction of sp³-hybridized carbons (Fsp3) is 0.158. The summed E-state index contributed by atoms with van der Waals surface area (Å²) in [4.78, 5) is 17.3. The molecule has 7 heteroatoms. The van der Waals surface area contributed by atoms with Gasteiger partial charge in [-0.25, -0.2) is 4.99 Å². The molecule has 2 heterocycles. The van der Waals surface area contributed by atoms with Gasteiger partial charge in [0.25, 0.3) is 5.91 Å². The first-order chi connectivity index (χ1) is 12.5. The lowest BCUT2D eigenvalue weighted by atomic mass is 10.1. The van der Waals surface area contributed by atoms with E-state index in [1.165, 1.54) is 11.8 Å². The number of rotatable bonds is 2. The van der Waals surface area contributed by atoms with Gasteiger partial charge < -0.3 is 14.8 Å². The number of hydrogen-bond acceptors (Lipinski definition) is 5. The van der Waals surface area contributed by atoms with E-state index in [4.69, 9.17) is 21.1 Å². The van der Waals surface area contributed by atoms with Crippen LogP contribution in [0.15, 0.2) is 40.2 Å². The smallest absolute Gasteiger partial charge is 0.264 e. The molecule has 1 amide bonds. The van der Waals surface area contributed by atoms with Crippen molar-refractivity contribution in [3.05, 3.63) is 56.9 Å². The summed E-state index contributed by atoms with van der Waals surface area (Å²) in [6.07, 6.45) is 1.84. The number of ether oxygens (including phenoxy) is 2. The Morgan fingerprint density at radius 2 is 1.92 bits per heavy atom. The van der Waals surface area contributed by atoms with Crippen LogP contribution in [0.3, 0.4) is 0 Å². The van der Waals surface area contributed by atoms with E-state index in [-0.39, 0.29) is 12.7 Å². The number of carbonyl (C=O) groups is 1. The van der Waals surface area contributed by atoms with Crippen LogP contribution in [0.2, 0.25) is 5.02 Å². The summed E-state index contributed by atoms with van der Waals surface area (Å²) in [5.41, 5.74) is 3.60. The average Bonchev–Trinajstić information content (AvgIpc) is 3.18. The van der Waals surface area contributed by atoms with Crippen LogP contribution in [0.25, 0.3) is 6.08 Å². The molecule has 0 aliphatic carbocycles. The molecule has 5 nitrogen and oxygen atoms in total. The lowest BCUT2D eigenvalue weighted by Crippen LogP contribution is -2.19. The third kappa shape index (κ3) is 3.30. The number of benzene rings is 2. The number of aliphatic imine (C=N–C) groups is 1. The summed E-state index contributed by atoms with van der Waals surface area (Å²) < 4.78 is 10.8. The first kappa shape index (κ1) is 17.0. The van der Waals surface area contributed by atoms with Gasteiger partial charge in [0, 0.05) is 5.02 Å². The van der Waals surface area contributed by atoms with Crippen LogP contribution in [0.1, 0.15) is 16.7 Å². The lowest BCUT2D eigenvalue weighted by molar-refractivity contribution is -0.115. The van der Waals surface area contributed by atoms with Gasteiger partial charge in [0.1, 0.15) is 0 Å². The van der Waals surface area contributed by atoms with Crippen molar-refractivity contribution in [2.24, 2.45) is 4.99 Å². The average molecular weight is 387 g/mol. The minimum atomic E-state index is -0.177. The van der Waals surface area contributed by atoms with Crippen molar-refractivity contribution in [2.75, 3.05) is 6.79 Å². The van der Waals surface area contributed by atoms with Gasteiger partial charge in [-0.05, 0) is 72.6 Å². The van der Waals surface area contributed by atoms with Gasteiger partial charge in [-0.15, -0.1) is 0 Å². The highest BCUT2D eigenvalue weighted by Gasteiger charge is 2.25. The number of amidine groups is 1. The minimum Gasteiger partial charge on any atom is -0.454 e. The predicted octanol–water partition coefficient (Wildman–Crippen LogP) is 4.58. The zero-order valence-corrected chi connectivity index (χ0v) is 15.7. The number of aryl methyl sites for hydroxylation is 2. The van der Waals surface area contributed by atoms with Crippen molar-refractivity contribution >= 4 is 46.2 Å². The molecule has 26 heavy (non-hydrogen) atoms. The molecule has 0 aromatic heterocycles. The maximum atomic E-state index is 12.3. The molecule has 2 aromatic carbocycles. The Morgan fingerprint density at radius 1 is 1.15 bits per heavy atom. The maximum absolute atomic E-state index is 12.3. The minimum absolute atomic E-state index is 0.177. The normalized spacial score (nSPS) is 18.7. The van der Waals surface area contributed by atoms with Gasteiger partial charge in [0.05, 0.1) is 10.6 Å². The van der Waals surface area contributed by atoms with E-state index >= 15 is 0 Å². The van der Waals surface area contributed by atoms with Crippen LogP contribution in [0.4, 0.5) is 5.69 Å². The number of carbonyl (C=O) groups excluding carboxylic acids is 1. The van der Waals surface area contributed by atoms with Crippen LogP contribution in [0.5, 0.6) is 11.5 Å². The van der Waals surface area contributed by atoms with Gasteiger partial charge in [0.2, 0.25) is 6.79 Å². The van der Waals surface area contributed by atoms with Gasteiger partial charge in [-0.3, -0.25) is 4.79 Å². The molecule has 2 aliphatic rings. The van der Waals surface area contributed by atoms with Gasteiger partial charge in [-0.2, -0.15) is 0 Å². The third-order valence-electron chi connectivity index (χ3n) is 4.08. The molecule has 132 valence electrons. The summed E-state index contributed by atoms with van der Waals surface area (Å²) in [6, 6.07) is 9.34. The molecule has 0 bridgehead atoms. The van der Waals surface area contributed by atoms with E-state index in [1.54, 1.807) is 6.07 Å². The van der Waals surface area contributed by atoms with E-state index in [2.05, 4.69) is 10.3 Å². The van der Waals surface area contributed by atoms with E-state index < -0.39 is 0 Å². The van der Waals surface area contributed by atoms with E-state index in [0.29, 0.717) is 26.5 Å². The Balaban J connectivity index is 1.61. The van der Waals surface area contributed by atoms with E-state index in [9.17, 15) is 4.79 Å². The number of nitrogens with zero attached hydrogens (tertiary/aromatic N) is 1. The first-order valence-corrected chi connectivity index (χ1v) is 9.15. The second-order valence-corrected chi connectivity index (χ2v) is 7.42. The van der Waals surface area contributed by atoms with Crippen molar-refractivity contribution in [2.45, 2.75) is 13.8 Å². The Labute approximate surface area is 160 Å². The van der Waals surface area contributed by atoms with Crippen LogP contribution in [-0.4, -0.2) is 17.9 Å². The molecule has 1 saturated heterocycles. The summed E-state index contributed by atoms with van der Waals surface area (Å²) in [5, 5.41) is 3.96. The highest BCUT2D eigenvalue weighted by molar-refractivity contribution is 8.18. The van der Waals surface area contributed by atoms with Crippen molar-refractivity contribution in [3.63, 3.8) is 0 Å². The molecule has 0 radical (unpaired) electrons.